The highest BCUT2D eigenvalue weighted by Gasteiger charge is 2.23. The van der Waals surface area contributed by atoms with E-state index in [9.17, 15) is 4.79 Å². The monoisotopic (exact) mass is 262 g/mol. The number of ether oxygens (including phenoxy) is 1. The van der Waals surface area contributed by atoms with E-state index >= 15 is 0 Å². The normalized spacial score (nSPS) is 16.3. The Hall–Kier alpha value is -1.39. The molecule has 2 rings (SSSR count). The molecule has 1 aromatic rings. The predicted molar refractivity (Wildman–Crippen MR) is 75.1 cm³/mol. The summed E-state index contributed by atoms with van der Waals surface area (Å²) in [4.78, 5) is 14.2. The van der Waals surface area contributed by atoms with Gasteiger partial charge in [0.05, 0.1) is 0 Å². The van der Waals surface area contributed by atoms with Crippen LogP contribution in [0.5, 0.6) is 0 Å². The summed E-state index contributed by atoms with van der Waals surface area (Å²) in [5, 5.41) is 0. The van der Waals surface area contributed by atoms with Gasteiger partial charge in [0.2, 0.25) is 0 Å². The van der Waals surface area contributed by atoms with Crippen LogP contribution in [0.3, 0.4) is 0 Å². The van der Waals surface area contributed by atoms with Crippen molar-refractivity contribution < 1.29 is 9.53 Å². The van der Waals surface area contributed by atoms with Gasteiger partial charge >= 0.3 is 0 Å². The van der Waals surface area contributed by atoms with Crippen molar-refractivity contribution in [1.29, 1.82) is 0 Å². The van der Waals surface area contributed by atoms with E-state index in [4.69, 9.17) is 10.5 Å². The van der Waals surface area contributed by atoms with E-state index in [2.05, 4.69) is 0 Å². The van der Waals surface area contributed by atoms with Crippen LogP contribution in [0.1, 0.15) is 28.8 Å². The molecule has 1 amide bonds. The summed E-state index contributed by atoms with van der Waals surface area (Å²) in [6.07, 6.45) is 2.70. The molecule has 0 aliphatic carbocycles. The highest BCUT2D eigenvalue weighted by Crippen LogP contribution is 2.16. The average molecular weight is 262 g/mol. The lowest BCUT2D eigenvalue weighted by Crippen LogP contribution is -2.40. The molecule has 0 saturated carbocycles. The zero-order valence-electron chi connectivity index (χ0n) is 11.5. The summed E-state index contributed by atoms with van der Waals surface area (Å²) in [7, 11) is 1.88. The summed E-state index contributed by atoms with van der Waals surface area (Å²) < 4.78 is 5.33. The molecule has 4 nitrogen and oxygen atoms in total. The van der Waals surface area contributed by atoms with E-state index < -0.39 is 0 Å². The molecule has 1 aliphatic rings. The van der Waals surface area contributed by atoms with Crippen molar-refractivity contribution in [2.75, 3.05) is 26.8 Å². The Morgan fingerprint density at radius 1 is 1.32 bits per heavy atom. The van der Waals surface area contributed by atoms with Crippen molar-refractivity contribution in [1.82, 2.24) is 4.90 Å². The molecule has 1 aliphatic heterocycles. The number of carbonyl (C=O) groups excluding carboxylic acids is 1. The molecule has 0 unspecified atom stereocenters. The van der Waals surface area contributed by atoms with Crippen LogP contribution in [0.2, 0.25) is 0 Å². The van der Waals surface area contributed by atoms with Crippen molar-refractivity contribution in [2.24, 2.45) is 5.73 Å². The summed E-state index contributed by atoms with van der Waals surface area (Å²) >= 11 is 0. The van der Waals surface area contributed by atoms with Crippen molar-refractivity contribution >= 4 is 5.91 Å². The van der Waals surface area contributed by atoms with Gasteiger partial charge < -0.3 is 15.4 Å². The molecule has 19 heavy (non-hydrogen) atoms. The van der Waals surface area contributed by atoms with Crippen LogP contribution in [-0.2, 0) is 11.2 Å². The fourth-order valence-corrected chi connectivity index (χ4v) is 2.42. The third kappa shape index (κ3) is 3.55. The zero-order valence-corrected chi connectivity index (χ0v) is 11.5. The van der Waals surface area contributed by atoms with Crippen LogP contribution < -0.4 is 5.73 Å². The van der Waals surface area contributed by atoms with E-state index in [1.165, 1.54) is 5.56 Å². The lowest BCUT2D eigenvalue weighted by Gasteiger charge is -2.31. The first-order valence-corrected chi connectivity index (χ1v) is 6.86. The van der Waals surface area contributed by atoms with Crippen molar-refractivity contribution in [3.05, 3.63) is 35.4 Å². The second kappa shape index (κ2) is 6.68. The Labute approximate surface area is 114 Å². The van der Waals surface area contributed by atoms with Crippen LogP contribution in [-0.4, -0.2) is 43.7 Å². The molecular formula is C15H22N2O2. The third-order valence-corrected chi connectivity index (χ3v) is 3.69. The number of amides is 1. The quantitative estimate of drug-likeness (QED) is 0.893. The van der Waals surface area contributed by atoms with Crippen LogP contribution in [0.15, 0.2) is 24.3 Å². The Bertz CT molecular complexity index is 411. The SMILES string of the molecule is CN(C(=O)c1ccc(CCN)cc1)C1CCOCC1. The molecule has 104 valence electrons. The number of hydrogen-bond donors (Lipinski definition) is 1. The minimum Gasteiger partial charge on any atom is -0.381 e. The first-order chi connectivity index (χ1) is 9.22. The first-order valence-electron chi connectivity index (χ1n) is 6.86. The molecule has 0 aromatic heterocycles. The number of carbonyl (C=O) groups is 1. The highest BCUT2D eigenvalue weighted by molar-refractivity contribution is 5.94. The number of benzene rings is 1. The maximum Gasteiger partial charge on any atom is 0.253 e. The molecule has 2 N–H and O–H groups in total. The molecule has 4 heteroatoms. The molecule has 0 radical (unpaired) electrons. The summed E-state index contributed by atoms with van der Waals surface area (Å²) in [6, 6.07) is 8.05. The van der Waals surface area contributed by atoms with Crippen LogP contribution in [0.4, 0.5) is 0 Å². The van der Waals surface area contributed by atoms with E-state index in [1.54, 1.807) is 0 Å². The lowest BCUT2D eigenvalue weighted by atomic mass is 10.0. The first kappa shape index (κ1) is 14.0. The van der Waals surface area contributed by atoms with E-state index in [0.29, 0.717) is 12.6 Å². The minimum absolute atomic E-state index is 0.0891. The number of nitrogens with two attached hydrogens (primary N) is 1. The van der Waals surface area contributed by atoms with Gasteiger partial charge in [-0.25, -0.2) is 0 Å². The topological polar surface area (TPSA) is 55.6 Å². The fraction of sp³-hybridized carbons (Fsp3) is 0.533. The Morgan fingerprint density at radius 2 is 1.95 bits per heavy atom. The van der Waals surface area contributed by atoms with Crippen LogP contribution >= 0.6 is 0 Å². The smallest absolute Gasteiger partial charge is 0.253 e. The predicted octanol–water partition coefficient (Wildman–Crippen LogP) is 1.44. The lowest BCUT2D eigenvalue weighted by molar-refractivity contribution is 0.0362. The van der Waals surface area contributed by atoms with Gasteiger partial charge in [0.15, 0.2) is 0 Å². The molecule has 1 heterocycles. The molecule has 1 saturated heterocycles. The Morgan fingerprint density at radius 3 is 2.53 bits per heavy atom. The van der Waals surface area contributed by atoms with E-state index in [-0.39, 0.29) is 5.91 Å². The Balaban J connectivity index is 2.01. The van der Waals surface area contributed by atoms with Crippen LogP contribution in [0.25, 0.3) is 0 Å². The van der Waals surface area contributed by atoms with Gasteiger partial charge in [-0.05, 0) is 43.5 Å². The van der Waals surface area contributed by atoms with Crippen molar-refractivity contribution in [3.63, 3.8) is 0 Å². The summed E-state index contributed by atoms with van der Waals surface area (Å²) in [5.41, 5.74) is 7.44. The summed E-state index contributed by atoms with van der Waals surface area (Å²) in [6.45, 7) is 2.13. The summed E-state index contributed by atoms with van der Waals surface area (Å²) in [5.74, 6) is 0.0891. The molecule has 0 bridgehead atoms. The standard InChI is InChI=1S/C15H22N2O2/c1-17(14-7-10-19-11-8-14)15(18)13-4-2-12(3-5-13)6-9-16/h2-5,14H,6-11,16H2,1H3. The van der Waals surface area contributed by atoms with Gasteiger partial charge in [-0.1, -0.05) is 12.1 Å². The van der Waals surface area contributed by atoms with Crippen molar-refractivity contribution in [3.8, 4) is 0 Å². The van der Waals surface area contributed by atoms with Gasteiger partial charge in [-0.15, -0.1) is 0 Å². The second-order valence-corrected chi connectivity index (χ2v) is 5.00. The number of hydrogen-bond acceptors (Lipinski definition) is 3. The van der Waals surface area contributed by atoms with Crippen molar-refractivity contribution in [2.45, 2.75) is 25.3 Å². The fourth-order valence-electron chi connectivity index (χ4n) is 2.42. The average Bonchev–Trinajstić information content (AvgIpc) is 2.48. The molecule has 0 spiro atoms. The van der Waals surface area contributed by atoms with Gasteiger partial charge in [0.1, 0.15) is 0 Å². The van der Waals surface area contributed by atoms with Gasteiger partial charge in [0.25, 0.3) is 5.91 Å². The second-order valence-electron chi connectivity index (χ2n) is 5.00. The van der Waals surface area contributed by atoms with Crippen LogP contribution in [0, 0.1) is 0 Å². The van der Waals surface area contributed by atoms with Gasteiger partial charge in [-0.2, -0.15) is 0 Å². The largest absolute Gasteiger partial charge is 0.381 e. The third-order valence-electron chi connectivity index (χ3n) is 3.69. The highest BCUT2D eigenvalue weighted by atomic mass is 16.5. The minimum atomic E-state index is 0.0891. The number of rotatable bonds is 4. The number of nitrogens with zero attached hydrogens (tertiary/aromatic N) is 1. The molecule has 1 aromatic carbocycles. The van der Waals surface area contributed by atoms with Gasteiger partial charge in [0, 0.05) is 31.9 Å². The van der Waals surface area contributed by atoms with E-state index in [0.717, 1.165) is 38.0 Å². The molecule has 1 fully saturated rings. The van der Waals surface area contributed by atoms with E-state index in [1.807, 2.05) is 36.2 Å². The molecular weight excluding hydrogens is 240 g/mol. The maximum atomic E-state index is 12.4. The molecule has 0 atom stereocenters. The Kier molecular flexibility index (Phi) is 4.93. The zero-order chi connectivity index (χ0) is 13.7. The van der Waals surface area contributed by atoms with Gasteiger partial charge in [-0.3, -0.25) is 4.79 Å². The maximum absolute atomic E-state index is 12.4.